The molecule has 0 aliphatic heterocycles. The molecule has 3 aromatic carbocycles. The summed E-state index contributed by atoms with van der Waals surface area (Å²) in [5, 5.41) is 11.2. The van der Waals surface area contributed by atoms with Crippen LogP contribution in [0.1, 0.15) is 30.5 Å². The van der Waals surface area contributed by atoms with E-state index < -0.39 is 5.39 Å². The van der Waals surface area contributed by atoms with Crippen LogP contribution in [0.4, 0.5) is 0 Å². The van der Waals surface area contributed by atoms with Crippen molar-refractivity contribution in [1.29, 1.82) is 0 Å². The predicted octanol–water partition coefficient (Wildman–Crippen LogP) is 4.00. The molecular weight excluding hydrogens is 354 g/mol. The summed E-state index contributed by atoms with van der Waals surface area (Å²) in [7, 11) is 1.58. The van der Waals surface area contributed by atoms with E-state index in [0.717, 1.165) is 5.56 Å². The summed E-state index contributed by atoms with van der Waals surface area (Å²) in [5.74, 6) is 1.51. The molecule has 0 aliphatic carbocycles. The standard InChI is InChI=1S/C23H25NO4/c1-17-5-7-18(8-6-17)23(2,3)19-9-11-21(12-10-19)27-24(25)28-22-15-13-20(26-4)14-16-22/h5-16,24H,1-4H3. The Morgan fingerprint density at radius 3 is 1.54 bits per heavy atom. The van der Waals surface area contributed by atoms with Crippen molar-refractivity contribution in [2.75, 3.05) is 7.11 Å². The highest BCUT2D eigenvalue weighted by Crippen LogP contribution is 2.32. The van der Waals surface area contributed by atoms with Crippen LogP contribution in [-0.4, -0.2) is 7.11 Å². The van der Waals surface area contributed by atoms with Crippen LogP contribution in [0.25, 0.3) is 0 Å². The maximum Gasteiger partial charge on any atom is 0.196 e. The average molecular weight is 379 g/mol. The van der Waals surface area contributed by atoms with E-state index in [2.05, 4.69) is 45.0 Å². The highest BCUT2D eigenvalue weighted by atomic mass is 17.1. The summed E-state index contributed by atoms with van der Waals surface area (Å²) in [6.45, 7) is 6.42. The van der Waals surface area contributed by atoms with Gasteiger partial charge < -0.3 is 9.94 Å². The van der Waals surface area contributed by atoms with Crippen molar-refractivity contribution in [3.05, 3.63) is 94.7 Å². The van der Waals surface area contributed by atoms with Crippen LogP contribution in [0.2, 0.25) is 0 Å². The number of methoxy groups -OCH3 is 1. The fraction of sp³-hybridized carbons (Fsp3) is 0.217. The number of ether oxygens (including phenoxy) is 1. The minimum Gasteiger partial charge on any atom is -0.547 e. The first-order valence-corrected chi connectivity index (χ1v) is 9.10. The predicted molar refractivity (Wildman–Crippen MR) is 108 cm³/mol. The summed E-state index contributed by atoms with van der Waals surface area (Å²) < 4.78 is 5.07. The van der Waals surface area contributed by atoms with Gasteiger partial charge in [-0.25, -0.2) is 0 Å². The van der Waals surface area contributed by atoms with Gasteiger partial charge in [-0.2, -0.15) is 0 Å². The third-order valence-electron chi connectivity index (χ3n) is 4.81. The molecule has 5 heteroatoms. The molecule has 1 unspecified atom stereocenters. The van der Waals surface area contributed by atoms with Crippen molar-refractivity contribution >= 4 is 0 Å². The van der Waals surface area contributed by atoms with Crippen LogP contribution in [-0.2, 0) is 5.41 Å². The molecule has 0 fully saturated rings. The van der Waals surface area contributed by atoms with Gasteiger partial charge in [0.1, 0.15) is 5.75 Å². The fourth-order valence-corrected chi connectivity index (χ4v) is 2.93. The average Bonchev–Trinajstić information content (AvgIpc) is 2.69. The first-order chi connectivity index (χ1) is 13.4. The minimum absolute atomic E-state index is 0.157. The zero-order chi connectivity index (χ0) is 20.1. The number of hydrogen-bond acceptors (Lipinski definition) is 4. The number of benzene rings is 3. The minimum atomic E-state index is -0.782. The lowest BCUT2D eigenvalue weighted by molar-refractivity contribution is -1.16. The zero-order valence-corrected chi connectivity index (χ0v) is 16.6. The Balaban J connectivity index is 1.65. The van der Waals surface area contributed by atoms with E-state index >= 15 is 0 Å². The Bertz CT molecular complexity index is 887. The lowest BCUT2D eigenvalue weighted by Crippen LogP contribution is -3.11. The second kappa shape index (κ2) is 8.33. The van der Waals surface area contributed by atoms with Crippen LogP contribution >= 0.6 is 0 Å². The molecule has 0 heterocycles. The van der Waals surface area contributed by atoms with Crippen molar-refractivity contribution in [2.45, 2.75) is 26.2 Å². The third-order valence-corrected chi connectivity index (χ3v) is 4.81. The maximum absolute atomic E-state index is 12.0. The van der Waals surface area contributed by atoms with Crippen LogP contribution in [0, 0.1) is 12.1 Å². The smallest absolute Gasteiger partial charge is 0.196 e. The highest BCUT2D eigenvalue weighted by molar-refractivity contribution is 5.40. The van der Waals surface area contributed by atoms with Gasteiger partial charge in [0.15, 0.2) is 11.5 Å². The molecule has 0 spiro atoms. The lowest BCUT2D eigenvalue weighted by Gasteiger charge is -2.26. The molecule has 0 radical (unpaired) electrons. The Labute approximate surface area is 165 Å². The SMILES string of the molecule is COc1ccc(O[NH+]([O-])Oc2ccc(C(C)(C)c3ccc(C)cc3)cc2)cc1. The molecule has 1 atom stereocenters. The van der Waals surface area contributed by atoms with E-state index in [-0.39, 0.29) is 5.41 Å². The van der Waals surface area contributed by atoms with Gasteiger partial charge in [-0.3, -0.25) is 9.68 Å². The van der Waals surface area contributed by atoms with Gasteiger partial charge in [0.05, 0.1) is 7.11 Å². The molecule has 5 nitrogen and oxygen atoms in total. The fourth-order valence-electron chi connectivity index (χ4n) is 2.93. The normalized spacial score (nSPS) is 12.3. The van der Waals surface area contributed by atoms with E-state index in [9.17, 15) is 5.21 Å². The van der Waals surface area contributed by atoms with Crippen LogP contribution in [0.3, 0.4) is 0 Å². The van der Waals surface area contributed by atoms with Crippen molar-refractivity contribution in [2.24, 2.45) is 0 Å². The van der Waals surface area contributed by atoms with Crippen molar-refractivity contribution in [1.82, 2.24) is 0 Å². The summed E-state index contributed by atoms with van der Waals surface area (Å²) in [6.07, 6.45) is 0. The quantitative estimate of drug-likeness (QED) is 0.631. The van der Waals surface area contributed by atoms with E-state index in [1.807, 2.05) is 12.1 Å². The topological polar surface area (TPSA) is 55.2 Å². The largest absolute Gasteiger partial charge is 0.547 e. The van der Waals surface area contributed by atoms with Gasteiger partial charge in [-0.05, 0) is 54.4 Å². The molecule has 1 N–H and O–H groups in total. The van der Waals surface area contributed by atoms with Gasteiger partial charge in [0, 0.05) is 10.8 Å². The van der Waals surface area contributed by atoms with Crippen molar-refractivity contribution in [3.63, 3.8) is 0 Å². The van der Waals surface area contributed by atoms with Crippen LogP contribution < -0.4 is 19.8 Å². The molecule has 3 aromatic rings. The molecule has 3 rings (SSSR count). The van der Waals surface area contributed by atoms with Gasteiger partial charge in [-0.1, -0.05) is 55.8 Å². The van der Waals surface area contributed by atoms with E-state index in [0.29, 0.717) is 17.2 Å². The van der Waals surface area contributed by atoms with Gasteiger partial charge in [0.2, 0.25) is 0 Å². The third kappa shape index (κ3) is 4.63. The summed E-state index contributed by atoms with van der Waals surface area (Å²) >= 11 is 0. The first kappa shape index (κ1) is 19.7. The van der Waals surface area contributed by atoms with Crippen LogP contribution in [0.15, 0.2) is 72.8 Å². The summed E-state index contributed by atoms with van der Waals surface area (Å²) in [6, 6.07) is 22.7. The molecule has 0 bridgehead atoms. The Morgan fingerprint density at radius 1 is 0.679 bits per heavy atom. The van der Waals surface area contributed by atoms with E-state index in [1.54, 1.807) is 43.5 Å². The number of aryl methyl sites for hydroxylation is 1. The number of nitrogens with one attached hydrogen (secondary N) is 1. The Morgan fingerprint density at radius 2 is 1.07 bits per heavy atom. The molecular formula is C23H25NO4. The Kier molecular flexibility index (Phi) is 5.87. The number of quaternary nitrogens is 1. The van der Waals surface area contributed by atoms with Gasteiger partial charge in [0.25, 0.3) is 0 Å². The first-order valence-electron chi connectivity index (χ1n) is 9.10. The molecule has 28 heavy (non-hydrogen) atoms. The molecule has 0 saturated carbocycles. The summed E-state index contributed by atoms with van der Waals surface area (Å²) in [4.78, 5) is 10.5. The van der Waals surface area contributed by atoms with E-state index in [4.69, 9.17) is 14.4 Å². The highest BCUT2D eigenvalue weighted by Gasteiger charge is 2.23. The van der Waals surface area contributed by atoms with Gasteiger partial charge >= 0.3 is 0 Å². The maximum atomic E-state index is 12.0. The number of rotatable bonds is 7. The second-order valence-corrected chi connectivity index (χ2v) is 7.15. The van der Waals surface area contributed by atoms with Crippen LogP contribution in [0.5, 0.6) is 17.2 Å². The molecule has 0 saturated heterocycles. The molecule has 0 aromatic heterocycles. The van der Waals surface area contributed by atoms with Crippen molar-refractivity contribution < 1.29 is 19.8 Å². The Hall–Kier alpha value is -3.02. The second-order valence-electron chi connectivity index (χ2n) is 7.15. The monoisotopic (exact) mass is 379 g/mol. The number of hydrogen-bond donors (Lipinski definition) is 1. The summed E-state index contributed by atoms with van der Waals surface area (Å²) in [5.41, 5.74) is 3.44. The van der Waals surface area contributed by atoms with E-state index in [1.165, 1.54) is 11.1 Å². The molecule has 0 amide bonds. The van der Waals surface area contributed by atoms with Crippen molar-refractivity contribution in [3.8, 4) is 17.2 Å². The molecule has 0 aliphatic rings. The van der Waals surface area contributed by atoms with Gasteiger partial charge in [-0.15, -0.1) is 0 Å². The molecule has 146 valence electrons. The lowest BCUT2D eigenvalue weighted by atomic mass is 9.78. The zero-order valence-electron chi connectivity index (χ0n) is 16.6.